The van der Waals surface area contributed by atoms with Gasteiger partial charge >= 0.3 is 0 Å². The number of rotatable bonds is 12. The predicted molar refractivity (Wildman–Crippen MR) is 179 cm³/mol. The zero-order chi connectivity index (χ0) is 30.1. The first-order valence-corrected chi connectivity index (χ1v) is 16.6. The van der Waals surface area contributed by atoms with Gasteiger partial charge < -0.3 is 4.90 Å². The Morgan fingerprint density at radius 3 is 2.20 bits per heavy atom. The van der Waals surface area contributed by atoms with Crippen LogP contribution in [-0.2, 0) is 25.1 Å². The number of thioether (sulfide) groups is 1. The SMILES string of the molecule is O=C(c1csc(CSc2nnc(Cc3ccccc3)n2-c2cccc(Cl)c2)n1)N(CCc1ccccc1)Cc1ccccc1. The van der Waals surface area contributed by atoms with Crippen molar-refractivity contribution >= 4 is 40.6 Å². The van der Waals surface area contributed by atoms with Crippen LogP contribution in [-0.4, -0.2) is 37.1 Å². The average Bonchev–Trinajstić information content (AvgIpc) is 3.70. The van der Waals surface area contributed by atoms with Gasteiger partial charge in [-0.25, -0.2) is 4.98 Å². The van der Waals surface area contributed by atoms with E-state index in [9.17, 15) is 4.79 Å². The molecular formula is C35H30ClN5OS2. The summed E-state index contributed by atoms with van der Waals surface area (Å²) in [6.07, 6.45) is 1.41. The van der Waals surface area contributed by atoms with E-state index in [-0.39, 0.29) is 5.91 Å². The Balaban J connectivity index is 1.19. The highest BCUT2D eigenvalue weighted by Gasteiger charge is 2.21. The number of nitrogens with zero attached hydrogens (tertiary/aromatic N) is 5. The van der Waals surface area contributed by atoms with Gasteiger partial charge in [0.15, 0.2) is 5.16 Å². The second-order valence-electron chi connectivity index (χ2n) is 10.2. The van der Waals surface area contributed by atoms with Crippen molar-refractivity contribution in [3.05, 3.63) is 159 Å². The average molecular weight is 636 g/mol. The van der Waals surface area contributed by atoms with Crippen LogP contribution in [0.2, 0.25) is 5.02 Å². The molecule has 0 fully saturated rings. The summed E-state index contributed by atoms with van der Waals surface area (Å²) < 4.78 is 2.05. The maximum absolute atomic E-state index is 13.7. The van der Waals surface area contributed by atoms with Gasteiger partial charge in [-0.1, -0.05) is 120 Å². The summed E-state index contributed by atoms with van der Waals surface area (Å²) in [6.45, 7) is 1.13. The number of benzene rings is 4. The minimum absolute atomic E-state index is 0.0653. The van der Waals surface area contributed by atoms with Crippen LogP contribution in [0.15, 0.2) is 126 Å². The Labute approximate surface area is 270 Å². The van der Waals surface area contributed by atoms with Crippen LogP contribution in [0.5, 0.6) is 0 Å². The molecule has 0 spiro atoms. The highest BCUT2D eigenvalue weighted by atomic mass is 35.5. The van der Waals surface area contributed by atoms with Gasteiger partial charge in [-0.3, -0.25) is 9.36 Å². The molecule has 1 amide bonds. The van der Waals surface area contributed by atoms with Gasteiger partial charge in [0.2, 0.25) is 0 Å². The van der Waals surface area contributed by atoms with Crippen LogP contribution in [0.25, 0.3) is 5.69 Å². The molecule has 0 atom stereocenters. The fraction of sp³-hybridized carbons (Fsp3) is 0.143. The normalized spacial score (nSPS) is 11.0. The van der Waals surface area contributed by atoms with E-state index in [1.54, 1.807) is 11.8 Å². The third kappa shape index (κ3) is 7.63. The molecule has 0 aliphatic rings. The topological polar surface area (TPSA) is 63.9 Å². The van der Waals surface area contributed by atoms with Crippen molar-refractivity contribution in [2.24, 2.45) is 0 Å². The number of aromatic nitrogens is 4. The number of hydrogen-bond acceptors (Lipinski definition) is 6. The summed E-state index contributed by atoms with van der Waals surface area (Å²) in [6, 6.07) is 38.3. The van der Waals surface area contributed by atoms with Crippen LogP contribution in [0.3, 0.4) is 0 Å². The minimum atomic E-state index is -0.0653. The van der Waals surface area contributed by atoms with Crippen LogP contribution in [0, 0.1) is 0 Å². The third-order valence-corrected chi connectivity index (χ3v) is 9.29. The molecule has 6 rings (SSSR count). The maximum atomic E-state index is 13.7. The molecule has 220 valence electrons. The number of thiazole rings is 1. The monoisotopic (exact) mass is 635 g/mol. The van der Waals surface area contributed by atoms with Crippen molar-refractivity contribution < 1.29 is 4.79 Å². The molecule has 6 aromatic rings. The Morgan fingerprint density at radius 2 is 1.50 bits per heavy atom. The first kappa shape index (κ1) is 29.8. The second kappa shape index (κ2) is 14.5. The molecule has 0 aliphatic carbocycles. The van der Waals surface area contributed by atoms with Gasteiger partial charge in [0.05, 0.1) is 11.4 Å². The highest BCUT2D eigenvalue weighted by molar-refractivity contribution is 7.98. The molecule has 0 unspecified atom stereocenters. The van der Waals surface area contributed by atoms with E-state index in [1.807, 2.05) is 106 Å². The van der Waals surface area contributed by atoms with Crippen molar-refractivity contribution in [2.75, 3.05) is 6.54 Å². The lowest BCUT2D eigenvalue weighted by atomic mass is 10.1. The smallest absolute Gasteiger partial charge is 0.273 e. The van der Waals surface area contributed by atoms with Crippen LogP contribution >= 0.6 is 34.7 Å². The fourth-order valence-electron chi connectivity index (χ4n) is 4.89. The maximum Gasteiger partial charge on any atom is 0.273 e. The van der Waals surface area contributed by atoms with E-state index >= 15 is 0 Å². The van der Waals surface area contributed by atoms with E-state index in [1.165, 1.54) is 16.9 Å². The fourth-order valence-corrected chi connectivity index (χ4v) is 6.83. The Morgan fingerprint density at radius 1 is 0.818 bits per heavy atom. The van der Waals surface area contributed by atoms with Gasteiger partial charge in [-0.05, 0) is 41.3 Å². The molecule has 0 radical (unpaired) electrons. The van der Waals surface area contributed by atoms with Crippen molar-refractivity contribution in [3.63, 3.8) is 0 Å². The molecule has 2 aromatic heterocycles. The molecule has 2 heterocycles. The van der Waals surface area contributed by atoms with Crippen LogP contribution in [0.1, 0.15) is 38.0 Å². The highest BCUT2D eigenvalue weighted by Crippen LogP contribution is 2.29. The number of halogens is 1. The van der Waals surface area contributed by atoms with Crippen LogP contribution in [0.4, 0.5) is 0 Å². The van der Waals surface area contributed by atoms with Crippen molar-refractivity contribution in [3.8, 4) is 5.69 Å². The third-order valence-electron chi connectivity index (χ3n) is 7.08. The van der Waals surface area contributed by atoms with E-state index in [0.29, 0.717) is 36.0 Å². The van der Waals surface area contributed by atoms with Gasteiger partial charge in [0.1, 0.15) is 16.5 Å². The molecule has 0 saturated heterocycles. The lowest BCUT2D eigenvalue weighted by molar-refractivity contribution is 0.0740. The molecule has 9 heteroatoms. The Kier molecular flexibility index (Phi) is 9.82. The zero-order valence-corrected chi connectivity index (χ0v) is 26.3. The molecule has 6 nitrogen and oxygen atoms in total. The Bertz CT molecular complexity index is 1810. The summed E-state index contributed by atoms with van der Waals surface area (Å²) in [5.41, 5.74) is 4.81. The van der Waals surface area contributed by atoms with Crippen molar-refractivity contribution in [1.82, 2.24) is 24.6 Å². The molecule has 0 bridgehead atoms. The van der Waals surface area contributed by atoms with Crippen molar-refractivity contribution in [2.45, 2.75) is 30.3 Å². The zero-order valence-electron chi connectivity index (χ0n) is 23.9. The molecule has 0 N–H and O–H groups in total. The molecule has 4 aromatic carbocycles. The summed E-state index contributed by atoms with van der Waals surface area (Å²) in [7, 11) is 0. The second-order valence-corrected chi connectivity index (χ2v) is 12.6. The first-order chi connectivity index (χ1) is 21.6. The Hall–Kier alpha value is -4.24. The van der Waals surface area contributed by atoms with Gasteiger partial charge in [0, 0.05) is 29.9 Å². The molecule has 0 saturated carbocycles. The summed E-state index contributed by atoms with van der Waals surface area (Å²) in [5, 5.41) is 13.2. The van der Waals surface area contributed by atoms with E-state index in [0.717, 1.165) is 39.2 Å². The molecule has 0 aliphatic heterocycles. The summed E-state index contributed by atoms with van der Waals surface area (Å²) >= 11 is 9.40. The lowest BCUT2D eigenvalue weighted by Crippen LogP contribution is -2.32. The summed E-state index contributed by atoms with van der Waals surface area (Å²) in [4.78, 5) is 20.4. The molecule has 44 heavy (non-hydrogen) atoms. The minimum Gasteiger partial charge on any atom is -0.333 e. The largest absolute Gasteiger partial charge is 0.333 e. The van der Waals surface area contributed by atoms with E-state index in [2.05, 4.69) is 34.5 Å². The first-order valence-electron chi connectivity index (χ1n) is 14.3. The lowest BCUT2D eigenvalue weighted by Gasteiger charge is -2.22. The number of amides is 1. The van der Waals surface area contributed by atoms with Gasteiger partial charge in [0.25, 0.3) is 5.91 Å². The quantitative estimate of drug-likeness (QED) is 0.127. The van der Waals surface area contributed by atoms with Gasteiger partial charge in [-0.15, -0.1) is 21.5 Å². The number of carbonyl (C=O) groups is 1. The standard InChI is InChI=1S/C35H30ClN5OS2/c36-29-17-10-18-30(22-29)41-32(21-27-13-6-2-7-14-27)38-39-35(41)44-25-33-37-31(24-43-33)34(42)40(23-28-15-8-3-9-16-28)20-19-26-11-4-1-5-12-26/h1-18,22,24H,19-21,23,25H2. The predicted octanol–water partition coefficient (Wildman–Crippen LogP) is 8.15. The van der Waals surface area contributed by atoms with Gasteiger partial charge in [-0.2, -0.15) is 0 Å². The molecular weight excluding hydrogens is 606 g/mol. The van der Waals surface area contributed by atoms with E-state index in [4.69, 9.17) is 16.6 Å². The summed E-state index contributed by atoms with van der Waals surface area (Å²) in [5.74, 6) is 1.32. The van der Waals surface area contributed by atoms with E-state index < -0.39 is 0 Å². The van der Waals surface area contributed by atoms with Crippen molar-refractivity contribution in [1.29, 1.82) is 0 Å². The number of hydrogen-bond donors (Lipinski definition) is 0. The van der Waals surface area contributed by atoms with Crippen LogP contribution < -0.4 is 0 Å². The number of carbonyl (C=O) groups excluding carboxylic acids is 1.